The number of nitrogens with zero attached hydrogens (tertiary/aromatic N) is 1. The SMILES string of the molecule is CCCCN=C(NCC)NCCNC(C)(C)C.I. The summed E-state index contributed by atoms with van der Waals surface area (Å²) in [5.74, 6) is 0.927. The summed E-state index contributed by atoms with van der Waals surface area (Å²) >= 11 is 0. The van der Waals surface area contributed by atoms with E-state index in [1.165, 1.54) is 6.42 Å². The fourth-order valence-electron chi connectivity index (χ4n) is 1.31. The van der Waals surface area contributed by atoms with Crippen LogP contribution in [0, 0.1) is 0 Å². The minimum Gasteiger partial charge on any atom is -0.357 e. The van der Waals surface area contributed by atoms with Gasteiger partial charge in [0.2, 0.25) is 0 Å². The molecule has 0 saturated heterocycles. The maximum Gasteiger partial charge on any atom is 0.191 e. The minimum atomic E-state index is 0. The second kappa shape index (κ2) is 12.0. The van der Waals surface area contributed by atoms with Gasteiger partial charge in [0.15, 0.2) is 5.96 Å². The number of hydrogen-bond acceptors (Lipinski definition) is 2. The zero-order valence-corrected chi connectivity index (χ0v) is 14.9. The van der Waals surface area contributed by atoms with E-state index < -0.39 is 0 Å². The number of aliphatic imine (C=N–C) groups is 1. The first kappa shape index (κ1) is 20.3. The van der Waals surface area contributed by atoms with Crippen LogP contribution in [0.4, 0.5) is 0 Å². The van der Waals surface area contributed by atoms with Crippen LogP contribution in [0.15, 0.2) is 4.99 Å². The molecule has 0 aromatic carbocycles. The summed E-state index contributed by atoms with van der Waals surface area (Å²) in [6, 6.07) is 0. The van der Waals surface area contributed by atoms with Crippen LogP contribution in [0.5, 0.6) is 0 Å². The molecule has 0 heterocycles. The van der Waals surface area contributed by atoms with Gasteiger partial charge in [-0.05, 0) is 34.1 Å². The number of nitrogens with one attached hydrogen (secondary N) is 3. The van der Waals surface area contributed by atoms with Gasteiger partial charge in [0.25, 0.3) is 0 Å². The summed E-state index contributed by atoms with van der Waals surface area (Å²) in [5.41, 5.74) is 0.180. The highest BCUT2D eigenvalue weighted by Gasteiger charge is 2.07. The van der Waals surface area contributed by atoms with E-state index in [2.05, 4.69) is 55.6 Å². The molecule has 0 saturated carbocycles. The molecule has 3 N–H and O–H groups in total. The highest BCUT2D eigenvalue weighted by Crippen LogP contribution is 1.96. The van der Waals surface area contributed by atoms with Crippen LogP contribution in [0.1, 0.15) is 47.5 Å². The molecular weight excluding hydrogens is 339 g/mol. The molecule has 5 heteroatoms. The summed E-state index contributed by atoms with van der Waals surface area (Å²) in [6.45, 7) is 14.4. The van der Waals surface area contributed by atoms with Crippen molar-refractivity contribution in [1.82, 2.24) is 16.0 Å². The normalized spacial score (nSPS) is 11.9. The quantitative estimate of drug-likeness (QED) is 0.279. The molecule has 0 bridgehead atoms. The lowest BCUT2D eigenvalue weighted by Crippen LogP contribution is -2.44. The molecule has 0 aromatic rings. The Balaban J connectivity index is 0. The van der Waals surface area contributed by atoms with Crippen molar-refractivity contribution in [3.8, 4) is 0 Å². The molecule has 0 aromatic heterocycles. The summed E-state index contributed by atoms with van der Waals surface area (Å²) in [5, 5.41) is 10.0. The molecule has 0 fully saturated rings. The highest BCUT2D eigenvalue weighted by atomic mass is 127. The number of halogens is 1. The molecule has 0 aliphatic heterocycles. The lowest BCUT2D eigenvalue weighted by Gasteiger charge is -2.21. The summed E-state index contributed by atoms with van der Waals surface area (Å²) in [7, 11) is 0. The van der Waals surface area contributed by atoms with Gasteiger partial charge in [-0.25, -0.2) is 0 Å². The van der Waals surface area contributed by atoms with E-state index in [1.54, 1.807) is 0 Å². The molecule has 110 valence electrons. The van der Waals surface area contributed by atoms with Crippen molar-refractivity contribution in [3.05, 3.63) is 0 Å². The highest BCUT2D eigenvalue weighted by molar-refractivity contribution is 14.0. The van der Waals surface area contributed by atoms with Crippen molar-refractivity contribution < 1.29 is 0 Å². The van der Waals surface area contributed by atoms with Crippen molar-refractivity contribution in [2.24, 2.45) is 4.99 Å². The predicted molar refractivity (Wildman–Crippen MR) is 92.1 cm³/mol. The van der Waals surface area contributed by atoms with Crippen LogP contribution in [0.3, 0.4) is 0 Å². The van der Waals surface area contributed by atoms with Crippen molar-refractivity contribution in [3.63, 3.8) is 0 Å². The zero-order valence-electron chi connectivity index (χ0n) is 12.6. The van der Waals surface area contributed by atoms with E-state index in [0.717, 1.165) is 38.6 Å². The standard InChI is InChI=1S/C13H30N4.HI/c1-6-8-9-15-12(14-7-2)16-10-11-17-13(3,4)5;/h17H,6-11H2,1-5H3,(H2,14,15,16);1H. The molecule has 0 amide bonds. The smallest absolute Gasteiger partial charge is 0.191 e. The fraction of sp³-hybridized carbons (Fsp3) is 0.923. The third-order valence-corrected chi connectivity index (χ3v) is 2.20. The van der Waals surface area contributed by atoms with Crippen molar-refractivity contribution in [2.75, 3.05) is 26.2 Å². The van der Waals surface area contributed by atoms with Gasteiger partial charge in [0, 0.05) is 31.7 Å². The molecule has 18 heavy (non-hydrogen) atoms. The van der Waals surface area contributed by atoms with E-state index in [-0.39, 0.29) is 29.5 Å². The topological polar surface area (TPSA) is 48.5 Å². The third kappa shape index (κ3) is 14.0. The average Bonchev–Trinajstić information content (AvgIpc) is 2.23. The molecule has 0 unspecified atom stereocenters. The van der Waals surface area contributed by atoms with Gasteiger partial charge < -0.3 is 16.0 Å². The minimum absolute atomic E-state index is 0. The molecule has 0 rings (SSSR count). The monoisotopic (exact) mass is 370 g/mol. The van der Waals surface area contributed by atoms with Gasteiger partial charge in [-0.15, -0.1) is 24.0 Å². The third-order valence-electron chi connectivity index (χ3n) is 2.20. The van der Waals surface area contributed by atoms with Gasteiger partial charge in [0.1, 0.15) is 0 Å². The van der Waals surface area contributed by atoms with Crippen LogP contribution >= 0.6 is 24.0 Å². The predicted octanol–water partition coefficient (Wildman–Crippen LogP) is 2.35. The maximum absolute atomic E-state index is 4.50. The van der Waals surface area contributed by atoms with Crippen LogP contribution in [0.25, 0.3) is 0 Å². The van der Waals surface area contributed by atoms with E-state index in [4.69, 9.17) is 0 Å². The first-order valence-electron chi connectivity index (χ1n) is 6.76. The summed E-state index contributed by atoms with van der Waals surface area (Å²) in [6.07, 6.45) is 2.34. The van der Waals surface area contributed by atoms with Gasteiger partial charge in [-0.3, -0.25) is 4.99 Å². The van der Waals surface area contributed by atoms with Crippen LogP contribution in [-0.4, -0.2) is 37.7 Å². The van der Waals surface area contributed by atoms with Gasteiger partial charge in [-0.2, -0.15) is 0 Å². The molecule has 0 radical (unpaired) electrons. The number of unbranched alkanes of at least 4 members (excludes halogenated alkanes) is 1. The Labute approximate surface area is 130 Å². The van der Waals surface area contributed by atoms with Crippen molar-refractivity contribution in [1.29, 1.82) is 0 Å². The van der Waals surface area contributed by atoms with Gasteiger partial charge in [0.05, 0.1) is 0 Å². The van der Waals surface area contributed by atoms with Crippen molar-refractivity contribution in [2.45, 2.75) is 53.0 Å². The van der Waals surface area contributed by atoms with Gasteiger partial charge >= 0.3 is 0 Å². The number of hydrogen-bond donors (Lipinski definition) is 3. The second-order valence-electron chi connectivity index (χ2n) is 5.22. The Bertz CT molecular complexity index is 212. The second-order valence-corrected chi connectivity index (χ2v) is 5.22. The lowest BCUT2D eigenvalue weighted by atomic mass is 10.1. The summed E-state index contributed by atoms with van der Waals surface area (Å²) < 4.78 is 0. The van der Waals surface area contributed by atoms with E-state index in [0.29, 0.717) is 0 Å². The fourth-order valence-corrected chi connectivity index (χ4v) is 1.31. The lowest BCUT2D eigenvalue weighted by molar-refractivity contribution is 0.428. The van der Waals surface area contributed by atoms with E-state index >= 15 is 0 Å². The Morgan fingerprint density at radius 3 is 2.22 bits per heavy atom. The van der Waals surface area contributed by atoms with Crippen LogP contribution in [-0.2, 0) is 0 Å². The molecule has 0 spiro atoms. The summed E-state index contributed by atoms with van der Waals surface area (Å²) in [4.78, 5) is 4.50. The molecule has 4 nitrogen and oxygen atoms in total. The molecule has 0 aliphatic carbocycles. The Morgan fingerprint density at radius 2 is 1.72 bits per heavy atom. The molecule has 0 atom stereocenters. The number of guanidine groups is 1. The van der Waals surface area contributed by atoms with Gasteiger partial charge in [-0.1, -0.05) is 13.3 Å². The maximum atomic E-state index is 4.50. The largest absolute Gasteiger partial charge is 0.357 e. The van der Waals surface area contributed by atoms with Crippen molar-refractivity contribution >= 4 is 29.9 Å². The molecular formula is C13H31IN4. The van der Waals surface area contributed by atoms with Crippen LogP contribution < -0.4 is 16.0 Å². The Hall–Kier alpha value is -0.0400. The first-order valence-corrected chi connectivity index (χ1v) is 6.76. The zero-order chi connectivity index (χ0) is 13.1. The van der Waals surface area contributed by atoms with E-state index in [1.807, 2.05) is 0 Å². The van der Waals surface area contributed by atoms with Crippen LogP contribution in [0.2, 0.25) is 0 Å². The first-order chi connectivity index (χ1) is 7.99. The Morgan fingerprint density at radius 1 is 1.06 bits per heavy atom. The Kier molecular flexibility index (Phi) is 13.5. The molecule has 0 aliphatic rings. The average molecular weight is 370 g/mol. The number of rotatable bonds is 7. The van der Waals surface area contributed by atoms with E-state index in [9.17, 15) is 0 Å².